The van der Waals surface area contributed by atoms with Gasteiger partial charge in [0, 0.05) is 5.02 Å². The van der Waals surface area contributed by atoms with Crippen LogP contribution < -0.4 is 19.6 Å². The lowest BCUT2D eigenvalue weighted by Gasteiger charge is -2.25. The highest BCUT2D eigenvalue weighted by atomic mass is 127. The van der Waals surface area contributed by atoms with Crippen LogP contribution in [0.4, 0.5) is 0 Å². The number of benzene rings is 4. The van der Waals surface area contributed by atoms with E-state index in [0.29, 0.717) is 37.8 Å². The van der Waals surface area contributed by atoms with Crippen molar-refractivity contribution in [3.05, 3.63) is 139 Å². The summed E-state index contributed by atoms with van der Waals surface area (Å²) >= 11 is 12.4. The summed E-state index contributed by atoms with van der Waals surface area (Å²) in [7, 11) is 0. The Labute approximate surface area is 290 Å². The van der Waals surface area contributed by atoms with Crippen molar-refractivity contribution in [1.82, 2.24) is 4.57 Å². The van der Waals surface area contributed by atoms with Crippen LogP contribution in [0.5, 0.6) is 5.75 Å². The van der Waals surface area contributed by atoms with E-state index >= 15 is 0 Å². The minimum atomic E-state index is -0.758. The van der Waals surface area contributed by atoms with Crippen molar-refractivity contribution >= 4 is 90.9 Å². The van der Waals surface area contributed by atoms with Crippen LogP contribution in [0.15, 0.2) is 99.9 Å². The van der Waals surface area contributed by atoms with Crippen LogP contribution in [0.2, 0.25) is 5.02 Å². The van der Waals surface area contributed by atoms with Crippen molar-refractivity contribution in [2.24, 2.45) is 4.99 Å². The molecular weight excluding hydrogens is 822 g/mol. The zero-order valence-electron chi connectivity index (χ0n) is 23.6. The molecular formula is C34H25ClI2N2O4S. The Bertz CT molecular complexity index is 2130. The Hall–Kier alpha value is -3.00. The molecule has 6 nitrogen and oxygen atoms in total. The van der Waals surface area contributed by atoms with Crippen LogP contribution in [-0.2, 0) is 16.1 Å². The first-order valence-electron chi connectivity index (χ1n) is 13.8. The van der Waals surface area contributed by atoms with E-state index in [0.717, 1.165) is 24.0 Å². The molecule has 0 bridgehead atoms. The largest absolute Gasteiger partial charge is 0.487 e. The van der Waals surface area contributed by atoms with Gasteiger partial charge < -0.3 is 9.47 Å². The van der Waals surface area contributed by atoms with Gasteiger partial charge >= 0.3 is 5.97 Å². The van der Waals surface area contributed by atoms with Crippen molar-refractivity contribution in [1.29, 1.82) is 0 Å². The summed E-state index contributed by atoms with van der Waals surface area (Å²) in [5.41, 5.74) is 3.15. The zero-order chi connectivity index (χ0) is 31.0. The molecule has 2 heterocycles. The summed E-state index contributed by atoms with van der Waals surface area (Å²) in [5, 5.41) is 2.80. The Morgan fingerprint density at radius 3 is 2.50 bits per heavy atom. The lowest BCUT2D eigenvalue weighted by Crippen LogP contribution is -2.40. The predicted octanol–water partition coefficient (Wildman–Crippen LogP) is 7.39. The van der Waals surface area contributed by atoms with Crippen LogP contribution in [0.25, 0.3) is 16.8 Å². The molecule has 6 rings (SSSR count). The Morgan fingerprint density at radius 2 is 1.75 bits per heavy atom. The summed E-state index contributed by atoms with van der Waals surface area (Å²) in [6, 6.07) is 25.0. The normalized spacial score (nSPS) is 14.8. The highest BCUT2D eigenvalue weighted by Gasteiger charge is 2.34. The number of fused-ring (bicyclic) bond motifs is 2. The fraction of sp³-hybridized carbons (Fsp3) is 0.147. The van der Waals surface area contributed by atoms with Gasteiger partial charge in [0.1, 0.15) is 18.4 Å². The molecule has 1 atom stereocenters. The molecule has 1 aromatic heterocycles. The van der Waals surface area contributed by atoms with Gasteiger partial charge in [-0.3, -0.25) is 9.36 Å². The van der Waals surface area contributed by atoms with E-state index in [9.17, 15) is 9.59 Å². The van der Waals surface area contributed by atoms with Crippen molar-refractivity contribution in [2.45, 2.75) is 26.5 Å². The Balaban J connectivity index is 1.38. The number of thiazole rings is 1. The van der Waals surface area contributed by atoms with E-state index in [-0.39, 0.29) is 12.2 Å². The molecule has 44 heavy (non-hydrogen) atoms. The molecule has 0 spiro atoms. The number of aromatic nitrogens is 1. The lowest BCUT2D eigenvalue weighted by atomic mass is 9.96. The number of carbonyl (C=O) groups is 1. The molecule has 0 amide bonds. The zero-order valence-corrected chi connectivity index (χ0v) is 29.5. The molecule has 0 unspecified atom stereocenters. The van der Waals surface area contributed by atoms with Gasteiger partial charge in [-0.05, 0) is 111 Å². The number of carbonyl (C=O) groups excluding carboxylic acids is 1. The second kappa shape index (κ2) is 13.2. The molecule has 1 aliphatic heterocycles. The van der Waals surface area contributed by atoms with Crippen LogP contribution in [0.1, 0.15) is 36.6 Å². The van der Waals surface area contributed by atoms with Crippen molar-refractivity contribution in [3.8, 4) is 5.75 Å². The molecule has 0 radical (unpaired) electrons. The van der Waals surface area contributed by atoms with Gasteiger partial charge in [-0.2, -0.15) is 0 Å². The third kappa shape index (κ3) is 5.99. The number of ether oxygens (including phenoxy) is 2. The number of halogens is 3. The van der Waals surface area contributed by atoms with Gasteiger partial charge in [0.2, 0.25) is 0 Å². The first-order chi connectivity index (χ1) is 21.3. The number of allylic oxidation sites excluding steroid dienone is 1. The second-order valence-electron chi connectivity index (χ2n) is 10.1. The van der Waals surface area contributed by atoms with Crippen molar-refractivity contribution in [3.63, 3.8) is 0 Å². The SMILES string of the molecule is CCOC(=O)C1=C(C)N=c2s/c(=C/c3cc(I)c(OCc4cccc5ccccc45)c(I)c3)c(=O)n2[C@H]1c1ccccc1Cl. The van der Waals surface area contributed by atoms with Gasteiger partial charge in [0.25, 0.3) is 5.56 Å². The fourth-order valence-electron chi connectivity index (χ4n) is 5.30. The average Bonchev–Trinajstić information content (AvgIpc) is 3.30. The summed E-state index contributed by atoms with van der Waals surface area (Å²) < 4.78 is 15.6. The maximum atomic E-state index is 14.0. The van der Waals surface area contributed by atoms with Crippen molar-refractivity contribution in [2.75, 3.05) is 6.61 Å². The maximum absolute atomic E-state index is 14.0. The van der Waals surface area contributed by atoms with Gasteiger partial charge in [-0.15, -0.1) is 0 Å². The van der Waals surface area contributed by atoms with E-state index in [2.05, 4.69) is 74.4 Å². The van der Waals surface area contributed by atoms with Crippen molar-refractivity contribution < 1.29 is 14.3 Å². The van der Waals surface area contributed by atoms with E-state index < -0.39 is 12.0 Å². The van der Waals surface area contributed by atoms with Gasteiger partial charge in [0.15, 0.2) is 4.80 Å². The minimum absolute atomic E-state index is 0.203. The van der Waals surface area contributed by atoms with Gasteiger partial charge in [-0.1, -0.05) is 83.6 Å². The highest BCUT2D eigenvalue weighted by Crippen LogP contribution is 2.35. The first-order valence-corrected chi connectivity index (χ1v) is 17.1. The number of hydrogen-bond acceptors (Lipinski definition) is 6. The molecule has 0 N–H and O–H groups in total. The molecule has 4 aromatic carbocycles. The standard InChI is InChI=1S/C34H25ClI2N2O4S/c1-3-42-33(41)29-19(2)38-34-39(30(29)24-13-6-7-14-25(24)35)32(40)28(44-34)17-20-15-26(36)31(27(37)16-20)43-18-22-11-8-10-21-9-4-5-12-23(21)22/h4-17,30H,3,18H2,1-2H3/b28-17+/t30-/m0/s1. The molecule has 0 fully saturated rings. The van der Waals surface area contributed by atoms with Crippen LogP contribution in [-0.4, -0.2) is 17.1 Å². The third-order valence-corrected chi connectivity index (χ3v) is 10.2. The monoisotopic (exact) mass is 846 g/mol. The molecule has 222 valence electrons. The molecule has 10 heteroatoms. The topological polar surface area (TPSA) is 69.9 Å². The summed E-state index contributed by atoms with van der Waals surface area (Å²) in [6.45, 7) is 4.15. The Morgan fingerprint density at radius 1 is 1.05 bits per heavy atom. The van der Waals surface area contributed by atoms with Gasteiger partial charge in [0.05, 0.1) is 29.5 Å². The first kappa shape index (κ1) is 31.0. The number of rotatable bonds is 7. The summed E-state index contributed by atoms with van der Waals surface area (Å²) in [4.78, 5) is 32.3. The number of nitrogens with zero attached hydrogens (tertiary/aromatic N) is 2. The molecule has 0 saturated carbocycles. The second-order valence-corrected chi connectivity index (χ2v) is 13.8. The predicted molar refractivity (Wildman–Crippen MR) is 192 cm³/mol. The van der Waals surface area contributed by atoms with E-state index in [1.54, 1.807) is 24.5 Å². The van der Waals surface area contributed by atoms with Crippen LogP contribution in [0.3, 0.4) is 0 Å². The summed E-state index contributed by atoms with van der Waals surface area (Å²) in [5.74, 6) is 0.280. The van der Waals surface area contributed by atoms with E-state index in [1.165, 1.54) is 22.1 Å². The van der Waals surface area contributed by atoms with Gasteiger partial charge in [-0.25, -0.2) is 9.79 Å². The lowest BCUT2D eigenvalue weighted by molar-refractivity contribution is -0.139. The van der Waals surface area contributed by atoms with E-state index in [4.69, 9.17) is 21.1 Å². The number of hydrogen-bond donors (Lipinski definition) is 0. The fourth-order valence-corrected chi connectivity index (χ4v) is 8.72. The average molecular weight is 847 g/mol. The molecule has 5 aromatic rings. The van der Waals surface area contributed by atoms with Crippen LogP contribution in [0, 0.1) is 7.14 Å². The quantitative estimate of drug-likeness (QED) is 0.127. The molecule has 1 aliphatic rings. The minimum Gasteiger partial charge on any atom is -0.487 e. The molecule has 0 aliphatic carbocycles. The third-order valence-electron chi connectivity index (χ3n) is 7.29. The number of esters is 1. The maximum Gasteiger partial charge on any atom is 0.338 e. The molecule has 0 saturated heterocycles. The van der Waals surface area contributed by atoms with Crippen LogP contribution >= 0.6 is 68.1 Å². The smallest absolute Gasteiger partial charge is 0.338 e. The Kier molecular flexibility index (Phi) is 9.27. The van der Waals surface area contributed by atoms with E-state index in [1.807, 2.05) is 54.6 Å². The highest BCUT2D eigenvalue weighted by molar-refractivity contribution is 14.1. The summed E-state index contributed by atoms with van der Waals surface area (Å²) in [6.07, 6.45) is 1.86.